The van der Waals surface area contributed by atoms with E-state index < -0.39 is 0 Å². The quantitative estimate of drug-likeness (QED) is 0.863. The predicted octanol–water partition coefficient (Wildman–Crippen LogP) is 2.34. The van der Waals surface area contributed by atoms with Crippen LogP contribution in [0.5, 0.6) is 0 Å². The predicted molar refractivity (Wildman–Crippen MR) is 74.0 cm³/mol. The molecule has 18 heavy (non-hydrogen) atoms. The molecule has 94 valence electrons. The van der Waals surface area contributed by atoms with Crippen LogP contribution in [0.4, 0.5) is 11.5 Å². The van der Waals surface area contributed by atoms with Gasteiger partial charge in [0.2, 0.25) is 0 Å². The topological polar surface area (TPSA) is 63.8 Å². The summed E-state index contributed by atoms with van der Waals surface area (Å²) in [5.74, 6) is 1.60. The van der Waals surface area contributed by atoms with Gasteiger partial charge in [-0.25, -0.2) is 9.97 Å². The molecule has 1 aromatic carbocycles. The Balaban J connectivity index is 2.13. The molecule has 0 unspecified atom stereocenters. The fraction of sp³-hybridized carbons (Fsp3) is 0.286. The van der Waals surface area contributed by atoms with Gasteiger partial charge in [-0.1, -0.05) is 12.1 Å². The molecule has 1 aromatic heterocycles. The van der Waals surface area contributed by atoms with Gasteiger partial charge in [0.1, 0.15) is 11.6 Å². The molecule has 0 saturated carbocycles. The summed E-state index contributed by atoms with van der Waals surface area (Å²) in [6.07, 6.45) is 0.909. The lowest BCUT2D eigenvalue weighted by atomic mass is 10.1. The molecule has 0 atom stereocenters. The minimum atomic E-state index is 0.678. The molecule has 0 saturated heterocycles. The number of nitrogens with one attached hydrogen (secondary N) is 1. The summed E-state index contributed by atoms with van der Waals surface area (Å²) in [4.78, 5) is 8.60. The summed E-state index contributed by atoms with van der Waals surface area (Å²) in [6, 6.07) is 10.2. The second-order valence-electron chi connectivity index (χ2n) is 4.30. The van der Waals surface area contributed by atoms with Gasteiger partial charge >= 0.3 is 0 Å². The summed E-state index contributed by atoms with van der Waals surface area (Å²) in [6.45, 7) is 4.53. The van der Waals surface area contributed by atoms with Crippen LogP contribution in [-0.2, 0) is 6.42 Å². The Hall–Kier alpha value is -1.94. The number of hydrogen-bond donors (Lipinski definition) is 2. The highest BCUT2D eigenvalue weighted by molar-refractivity contribution is 5.56. The van der Waals surface area contributed by atoms with Crippen LogP contribution < -0.4 is 11.1 Å². The van der Waals surface area contributed by atoms with E-state index >= 15 is 0 Å². The Morgan fingerprint density at radius 2 is 1.83 bits per heavy atom. The first-order chi connectivity index (χ1) is 8.67. The van der Waals surface area contributed by atoms with Gasteiger partial charge in [-0.15, -0.1) is 0 Å². The van der Waals surface area contributed by atoms with Gasteiger partial charge in [0.25, 0.3) is 0 Å². The van der Waals surface area contributed by atoms with Crippen LogP contribution in [0.25, 0.3) is 0 Å². The normalized spacial score (nSPS) is 10.4. The summed E-state index contributed by atoms with van der Waals surface area (Å²) in [5, 5.41) is 3.27. The molecule has 2 aromatic rings. The van der Waals surface area contributed by atoms with Crippen molar-refractivity contribution in [1.29, 1.82) is 0 Å². The Labute approximate surface area is 107 Å². The summed E-state index contributed by atoms with van der Waals surface area (Å²) in [5.41, 5.74) is 8.76. The average molecular weight is 242 g/mol. The van der Waals surface area contributed by atoms with Crippen molar-refractivity contribution in [2.45, 2.75) is 20.3 Å². The standard InChI is InChI=1S/C14H18N4/c1-10-9-14(17-11(2)16-10)18-13-5-3-12(4-6-13)7-8-15/h3-6,9H,7-8,15H2,1-2H3,(H,16,17,18). The second-order valence-corrected chi connectivity index (χ2v) is 4.30. The Kier molecular flexibility index (Phi) is 3.89. The van der Waals surface area contributed by atoms with E-state index in [4.69, 9.17) is 5.73 Å². The highest BCUT2D eigenvalue weighted by Crippen LogP contribution is 2.16. The maximum atomic E-state index is 5.52. The van der Waals surface area contributed by atoms with Gasteiger partial charge < -0.3 is 11.1 Å². The van der Waals surface area contributed by atoms with Crippen LogP contribution in [-0.4, -0.2) is 16.5 Å². The fourth-order valence-electron chi connectivity index (χ4n) is 1.85. The molecule has 4 nitrogen and oxygen atoms in total. The van der Waals surface area contributed by atoms with Crippen molar-refractivity contribution in [2.24, 2.45) is 5.73 Å². The molecule has 0 fully saturated rings. The minimum Gasteiger partial charge on any atom is -0.340 e. The van der Waals surface area contributed by atoms with E-state index in [0.717, 1.165) is 29.4 Å². The lowest BCUT2D eigenvalue weighted by molar-refractivity contribution is 0.969. The zero-order valence-electron chi connectivity index (χ0n) is 10.8. The van der Waals surface area contributed by atoms with Gasteiger partial charge in [0, 0.05) is 17.4 Å². The third-order valence-corrected chi connectivity index (χ3v) is 2.63. The van der Waals surface area contributed by atoms with Crippen molar-refractivity contribution in [2.75, 3.05) is 11.9 Å². The first-order valence-electron chi connectivity index (χ1n) is 6.05. The first kappa shape index (κ1) is 12.5. The van der Waals surface area contributed by atoms with Gasteiger partial charge in [0.15, 0.2) is 0 Å². The Morgan fingerprint density at radius 3 is 2.44 bits per heavy atom. The third-order valence-electron chi connectivity index (χ3n) is 2.63. The van der Waals surface area contributed by atoms with E-state index in [1.807, 2.05) is 32.0 Å². The number of rotatable bonds is 4. The van der Waals surface area contributed by atoms with E-state index in [9.17, 15) is 0 Å². The lowest BCUT2D eigenvalue weighted by Gasteiger charge is -2.08. The van der Waals surface area contributed by atoms with Gasteiger partial charge in [0.05, 0.1) is 0 Å². The number of nitrogens with two attached hydrogens (primary N) is 1. The lowest BCUT2D eigenvalue weighted by Crippen LogP contribution is -2.02. The van der Waals surface area contributed by atoms with Crippen molar-refractivity contribution in [3.63, 3.8) is 0 Å². The molecule has 3 N–H and O–H groups in total. The van der Waals surface area contributed by atoms with Crippen LogP contribution in [0.15, 0.2) is 30.3 Å². The van der Waals surface area contributed by atoms with Crippen LogP contribution in [0.1, 0.15) is 17.1 Å². The van der Waals surface area contributed by atoms with Crippen LogP contribution >= 0.6 is 0 Å². The highest BCUT2D eigenvalue weighted by atomic mass is 15.0. The molecule has 1 heterocycles. The number of nitrogens with zero attached hydrogens (tertiary/aromatic N) is 2. The number of hydrogen-bond acceptors (Lipinski definition) is 4. The summed E-state index contributed by atoms with van der Waals surface area (Å²) < 4.78 is 0. The van der Waals surface area contributed by atoms with Crippen LogP contribution in [0.3, 0.4) is 0 Å². The molecular formula is C14H18N4. The molecule has 0 bridgehead atoms. The van der Waals surface area contributed by atoms with Crippen molar-refractivity contribution in [1.82, 2.24) is 9.97 Å². The van der Waals surface area contributed by atoms with Crippen molar-refractivity contribution in [3.05, 3.63) is 47.4 Å². The molecule has 0 aliphatic heterocycles. The molecule has 2 rings (SSSR count). The Bertz CT molecular complexity index is 500. The van der Waals surface area contributed by atoms with Crippen molar-refractivity contribution in [3.8, 4) is 0 Å². The molecular weight excluding hydrogens is 224 g/mol. The minimum absolute atomic E-state index is 0.678. The van der Waals surface area contributed by atoms with E-state index in [0.29, 0.717) is 6.54 Å². The zero-order valence-corrected chi connectivity index (χ0v) is 10.8. The Morgan fingerprint density at radius 1 is 1.11 bits per heavy atom. The maximum absolute atomic E-state index is 5.52. The largest absolute Gasteiger partial charge is 0.340 e. The highest BCUT2D eigenvalue weighted by Gasteiger charge is 1.99. The fourth-order valence-corrected chi connectivity index (χ4v) is 1.85. The van der Waals surface area contributed by atoms with Gasteiger partial charge in [-0.3, -0.25) is 0 Å². The van der Waals surface area contributed by atoms with E-state index in [2.05, 4.69) is 27.4 Å². The number of anilines is 2. The smallest absolute Gasteiger partial charge is 0.134 e. The summed E-state index contributed by atoms with van der Waals surface area (Å²) in [7, 11) is 0. The van der Waals surface area contributed by atoms with Crippen LogP contribution in [0.2, 0.25) is 0 Å². The van der Waals surface area contributed by atoms with E-state index in [-0.39, 0.29) is 0 Å². The maximum Gasteiger partial charge on any atom is 0.134 e. The number of aryl methyl sites for hydroxylation is 2. The number of benzene rings is 1. The molecule has 0 amide bonds. The monoisotopic (exact) mass is 242 g/mol. The van der Waals surface area contributed by atoms with Gasteiger partial charge in [-0.05, 0) is 44.5 Å². The molecule has 0 aliphatic carbocycles. The van der Waals surface area contributed by atoms with Gasteiger partial charge in [-0.2, -0.15) is 0 Å². The molecule has 0 aliphatic rings. The number of aromatic nitrogens is 2. The van der Waals surface area contributed by atoms with E-state index in [1.165, 1.54) is 5.56 Å². The molecule has 4 heteroatoms. The second kappa shape index (κ2) is 5.60. The third kappa shape index (κ3) is 3.28. The van der Waals surface area contributed by atoms with Crippen LogP contribution in [0, 0.1) is 13.8 Å². The SMILES string of the molecule is Cc1cc(Nc2ccc(CCN)cc2)nc(C)n1. The zero-order chi connectivity index (χ0) is 13.0. The first-order valence-corrected chi connectivity index (χ1v) is 6.05. The van der Waals surface area contributed by atoms with Crippen molar-refractivity contribution < 1.29 is 0 Å². The molecule has 0 spiro atoms. The summed E-state index contributed by atoms with van der Waals surface area (Å²) >= 11 is 0. The van der Waals surface area contributed by atoms with E-state index in [1.54, 1.807) is 0 Å². The average Bonchev–Trinajstić information content (AvgIpc) is 2.31. The molecule has 0 radical (unpaired) electrons. The van der Waals surface area contributed by atoms with Crippen molar-refractivity contribution >= 4 is 11.5 Å².